The van der Waals surface area contributed by atoms with Crippen LogP contribution in [0.15, 0.2) is 42.7 Å². The Labute approximate surface area is 124 Å². The lowest BCUT2D eigenvalue weighted by Gasteiger charge is -2.16. The van der Waals surface area contributed by atoms with E-state index in [4.69, 9.17) is 4.74 Å². The minimum atomic E-state index is -0.274. The zero-order valence-corrected chi connectivity index (χ0v) is 12.2. The lowest BCUT2D eigenvalue weighted by molar-refractivity contribution is 0.104. The van der Waals surface area contributed by atoms with Crippen LogP contribution in [0.5, 0.6) is 0 Å². The predicted molar refractivity (Wildman–Crippen MR) is 81.1 cm³/mol. The number of nitrogens with zero attached hydrogens (tertiary/aromatic N) is 2. The van der Waals surface area contributed by atoms with Gasteiger partial charge in [0.2, 0.25) is 0 Å². The van der Waals surface area contributed by atoms with E-state index in [0.717, 1.165) is 12.1 Å². The summed E-state index contributed by atoms with van der Waals surface area (Å²) in [5.74, 6) is 0. The van der Waals surface area contributed by atoms with Gasteiger partial charge in [0.25, 0.3) is 0 Å². The quantitative estimate of drug-likeness (QED) is 0.857. The van der Waals surface area contributed by atoms with E-state index < -0.39 is 0 Å². The maximum Gasteiger partial charge on any atom is 0.319 e. The molecule has 0 fully saturated rings. The van der Waals surface area contributed by atoms with Crippen LogP contribution in [0.3, 0.4) is 0 Å². The summed E-state index contributed by atoms with van der Waals surface area (Å²) in [6, 6.07) is 9.50. The lowest BCUT2D eigenvalue weighted by Crippen LogP contribution is -2.32. The summed E-state index contributed by atoms with van der Waals surface area (Å²) in [5, 5.41) is 9.63. The highest BCUT2D eigenvalue weighted by Gasteiger charge is 2.12. The SMILES string of the molecule is CCn1cc(NC(=O)NC[C@@H](OC)c2ccccc2)cn1. The fourth-order valence-corrected chi connectivity index (χ4v) is 1.97. The molecule has 0 aliphatic heterocycles. The van der Waals surface area contributed by atoms with E-state index in [0.29, 0.717) is 12.2 Å². The van der Waals surface area contributed by atoms with Crippen LogP contribution < -0.4 is 10.6 Å². The van der Waals surface area contributed by atoms with Crippen molar-refractivity contribution in [3.8, 4) is 0 Å². The predicted octanol–water partition coefficient (Wildman–Crippen LogP) is 2.41. The van der Waals surface area contributed by atoms with E-state index in [2.05, 4.69) is 15.7 Å². The average molecular weight is 288 g/mol. The van der Waals surface area contributed by atoms with E-state index in [1.807, 2.05) is 37.3 Å². The van der Waals surface area contributed by atoms with Crippen molar-refractivity contribution in [1.82, 2.24) is 15.1 Å². The van der Waals surface area contributed by atoms with Gasteiger partial charge in [0.05, 0.1) is 18.0 Å². The fraction of sp³-hybridized carbons (Fsp3) is 0.333. The Morgan fingerprint density at radius 1 is 1.38 bits per heavy atom. The number of anilines is 1. The number of carbonyl (C=O) groups is 1. The first-order chi connectivity index (χ1) is 10.2. The van der Waals surface area contributed by atoms with Crippen molar-refractivity contribution in [2.24, 2.45) is 0 Å². The van der Waals surface area contributed by atoms with Crippen LogP contribution in [0.1, 0.15) is 18.6 Å². The second-order valence-electron chi connectivity index (χ2n) is 4.55. The molecule has 21 heavy (non-hydrogen) atoms. The van der Waals surface area contributed by atoms with Crippen LogP contribution in [0.25, 0.3) is 0 Å². The van der Waals surface area contributed by atoms with E-state index in [1.165, 1.54) is 0 Å². The summed E-state index contributed by atoms with van der Waals surface area (Å²) in [6.07, 6.45) is 3.23. The van der Waals surface area contributed by atoms with Crippen molar-refractivity contribution in [2.75, 3.05) is 19.0 Å². The molecule has 6 nitrogen and oxygen atoms in total. The molecule has 1 aromatic carbocycles. The van der Waals surface area contributed by atoms with Gasteiger partial charge in [-0.05, 0) is 12.5 Å². The largest absolute Gasteiger partial charge is 0.375 e. The van der Waals surface area contributed by atoms with Gasteiger partial charge in [-0.15, -0.1) is 0 Å². The maximum absolute atomic E-state index is 11.8. The van der Waals surface area contributed by atoms with Crippen LogP contribution in [0, 0.1) is 0 Å². The molecule has 1 aromatic heterocycles. The molecule has 0 radical (unpaired) electrons. The fourth-order valence-electron chi connectivity index (χ4n) is 1.97. The highest BCUT2D eigenvalue weighted by atomic mass is 16.5. The number of hydrogen-bond acceptors (Lipinski definition) is 3. The molecule has 0 aliphatic rings. The first kappa shape index (κ1) is 15.1. The zero-order valence-electron chi connectivity index (χ0n) is 12.2. The third-order valence-electron chi connectivity index (χ3n) is 3.12. The van der Waals surface area contributed by atoms with Gasteiger partial charge in [0, 0.05) is 26.4 Å². The van der Waals surface area contributed by atoms with Crippen molar-refractivity contribution in [2.45, 2.75) is 19.6 Å². The number of aryl methyl sites for hydroxylation is 1. The minimum absolute atomic E-state index is 0.171. The summed E-state index contributed by atoms with van der Waals surface area (Å²) >= 11 is 0. The molecule has 2 rings (SSSR count). The first-order valence-corrected chi connectivity index (χ1v) is 6.88. The second-order valence-corrected chi connectivity index (χ2v) is 4.55. The molecular formula is C15H20N4O2. The van der Waals surface area contributed by atoms with E-state index in [9.17, 15) is 4.79 Å². The summed E-state index contributed by atoms with van der Waals surface area (Å²) < 4.78 is 7.15. The minimum Gasteiger partial charge on any atom is -0.375 e. The summed E-state index contributed by atoms with van der Waals surface area (Å²) in [6.45, 7) is 3.15. The number of benzene rings is 1. The Morgan fingerprint density at radius 3 is 2.76 bits per heavy atom. The van der Waals surface area contributed by atoms with Crippen molar-refractivity contribution in [3.63, 3.8) is 0 Å². The molecule has 0 saturated carbocycles. The zero-order chi connectivity index (χ0) is 15.1. The van der Waals surface area contributed by atoms with E-state index in [1.54, 1.807) is 24.2 Å². The number of amides is 2. The summed E-state index contributed by atoms with van der Waals surface area (Å²) in [5.41, 5.74) is 1.70. The van der Waals surface area contributed by atoms with Crippen molar-refractivity contribution in [1.29, 1.82) is 0 Å². The van der Waals surface area contributed by atoms with Crippen LogP contribution in [-0.4, -0.2) is 29.5 Å². The maximum atomic E-state index is 11.8. The number of nitrogens with one attached hydrogen (secondary N) is 2. The van der Waals surface area contributed by atoms with Gasteiger partial charge in [-0.3, -0.25) is 4.68 Å². The number of rotatable bonds is 6. The molecule has 1 heterocycles. The molecule has 0 spiro atoms. The van der Waals surface area contributed by atoms with Crippen molar-refractivity contribution in [3.05, 3.63) is 48.3 Å². The van der Waals surface area contributed by atoms with Gasteiger partial charge in [-0.25, -0.2) is 4.79 Å². The highest BCUT2D eigenvalue weighted by Crippen LogP contribution is 2.14. The van der Waals surface area contributed by atoms with Gasteiger partial charge in [0.15, 0.2) is 0 Å². The number of ether oxygens (including phenoxy) is 1. The molecule has 112 valence electrons. The first-order valence-electron chi connectivity index (χ1n) is 6.88. The van der Waals surface area contributed by atoms with Crippen LogP contribution in [0.2, 0.25) is 0 Å². The van der Waals surface area contributed by atoms with E-state index in [-0.39, 0.29) is 12.1 Å². The van der Waals surface area contributed by atoms with Gasteiger partial charge in [-0.2, -0.15) is 5.10 Å². The Kier molecular flexibility index (Phi) is 5.34. The molecule has 0 aliphatic carbocycles. The van der Waals surface area contributed by atoms with Gasteiger partial charge < -0.3 is 15.4 Å². The monoisotopic (exact) mass is 288 g/mol. The third kappa shape index (κ3) is 4.32. The number of urea groups is 1. The topological polar surface area (TPSA) is 68.2 Å². The Morgan fingerprint density at radius 2 is 2.14 bits per heavy atom. The summed E-state index contributed by atoms with van der Waals surface area (Å²) in [7, 11) is 1.63. The molecule has 2 N–H and O–H groups in total. The molecule has 0 saturated heterocycles. The average Bonchev–Trinajstić information content (AvgIpc) is 2.96. The number of aromatic nitrogens is 2. The van der Waals surface area contributed by atoms with Crippen LogP contribution in [-0.2, 0) is 11.3 Å². The highest BCUT2D eigenvalue weighted by molar-refractivity contribution is 5.88. The Balaban J connectivity index is 1.85. The molecule has 6 heteroatoms. The number of methoxy groups -OCH3 is 1. The molecular weight excluding hydrogens is 268 g/mol. The Bertz CT molecular complexity index is 568. The van der Waals surface area contributed by atoms with Crippen LogP contribution in [0.4, 0.5) is 10.5 Å². The van der Waals surface area contributed by atoms with Gasteiger partial charge >= 0.3 is 6.03 Å². The van der Waals surface area contributed by atoms with E-state index >= 15 is 0 Å². The number of hydrogen-bond donors (Lipinski definition) is 2. The molecule has 1 atom stereocenters. The standard InChI is InChI=1S/C15H20N4O2/c1-3-19-11-13(9-17-19)18-15(20)16-10-14(21-2)12-7-5-4-6-8-12/h4-9,11,14H,3,10H2,1-2H3,(H2,16,18,20)/t14-/m1/s1. The third-order valence-corrected chi connectivity index (χ3v) is 3.12. The normalized spacial score (nSPS) is 11.9. The molecule has 0 bridgehead atoms. The second kappa shape index (κ2) is 7.44. The summed E-state index contributed by atoms with van der Waals surface area (Å²) in [4.78, 5) is 11.8. The smallest absolute Gasteiger partial charge is 0.319 e. The molecule has 0 unspecified atom stereocenters. The van der Waals surface area contributed by atoms with Crippen molar-refractivity contribution < 1.29 is 9.53 Å². The van der Waals surface area contributed by atoms with Gasteiger partial charge in [0.1, 0.15) is 0 Å². The molecule has 2 amide bonds. The van der Waals surface area contributed by atoms with Crippen molar-refractivity contribution >= 4 is 11.7 Å². The molecule has 2 aromatic rings. The van der Waals surface area contributed by atoms with Gasteiger partial charge in [-0.1, -0.05) is 30.3 Å². The Hall–Kier alpha value is -2.34. The number of carbonyl (C=O) groups excluding carboxylic acids is 1. The van der Waals surface area contributed by atoms with Crippen LogP contribution >= 0.6 is 0 Å². The lowest BCUT2D eigenvalue weighted by atomic mass is 10.1.